The van der Waals surface area contributed by atoms with E-state index in [1.54, 1.807) is 6.08 Å². The van der Waals surface area contributed by atoms with Crippen molar-refractivity contribution in [3.63, 3.8) is 0 Å². The molecule has 0 amide bonds. The van der Waals surface area contributed by atoms with Crippen LogP contribution in [0.2, 0.25) is 0 Å². The summed E-state index contributed by atoms with van der Waals surface area (Å²) >= 11 is 0. The number of allylic oxidation sites excluding steroid dienone is 1. The van der Waals surface area contributed by atoms with Crippen molar-refractivity contribution < 1.29 is 0 Å². The molecule has 0 atom stereocenters. The molecule has 0 aromatic heterocycles. The summed E-state index contributed by atoms with van der Waals surface area (Å²) in [6, 6.07) is 0. The summed E-state index contributed by atoms with van der Waals surface area (Å²) in [4.78, 5) is 8.37. The molecule has 0 aromatic rings. The Morgan fingerprint density at radius 3 is 3.00 bits per heavy atom. The Labute approximate surface area is 61.4 Å². The lowest BCUT2D eigenvalue weighted by Crippen LogP contribution is -2.06. The van der Waals surface area contributed by atoms with E-state index in [2.05, 4.69) is 23.5 Å². The van der Waals surface area contributed by atoms with Crippen molar-refractivity contribution in [2.45, 2.75) is 19.8 Å². The zero-order valence-corrected chi connectivity index (χ0v) is 6.30. The van der Waals surface area contributed by atoms with Gasteiger partial charge in [-0.15, -0.1) is 0 Å². The second-order valence-electron chi connectivity index (χ2n) is 2.24. The number of nitrogens with zero attached hydrogens (tertiary/aromatic N) is 2. The summed E-state index contributed by atoms with van der Waals surface area (Å²) in [5, 5.41) is 0. The monoisotopic (exact) mass is 136 g/mol. The van der Waals surface area contributed by atoms with Gasteiger partial charge < -0.3 is 0 Å². The van der Waals surface area contributed by atoms with Crippen LogP contribution in [0.3, 0.4) is 0 Å². The van der Waals surface area contributed by atoms with Gasteiger partial charge in [-0.1, -0.05) is 19.9 Å². The summed E-state index contributed by atoms with van der Waals surface area (Å²) in [7, 11) is 0. The van der Waals surface area contributed by atoms with E-state index in [1.165, 1.54) is 0 Å². The van der Waals surface area contributed by atoms with Crippen LogP contribution < -0.4 is 0 Å². The van der Waals surface area contributed by atoms with E-state index in [0.29, 0.717) is 6.67 Å². The van der Waals surface area contributed by atoms with Gasteiger partial charge in [0.15, 0.2) is 0 Å². The van der Waals surface area contributed by atoms with E-state index in [9.17, 15) is 0 Å². The molecule has 0 saturated carbocycles. The largest absolute Gasteiger partial charge is 0.264 e. The van der Waals surface area contributed by atoms with Crippen LogP contribution in [0.15, 0.2) is 22.6 Å². The SMILES string of the molecule is C=CC1=NCN=C1CCC. The third-order valence-electron chi connectivity index (χ3n) is 1.48. The molecule has 0 aliphatic carbocycles. The Morgan fingerprint density at radius 2 is 2.40 bits per heavy atom. The minimum absolute atomic E-state index is 0.608. The van der Waals surface area contributed by atoms with Crippen molar-refractivity contribution in [2.75, 3.05) is 6.67 Å². The summed E-state index contributed by atoms with van der Waals surface area (Å²) in [6.45, 7) is 6.41. The molecule has 1 aliphatic rings. The third kappa shape index (κ3) is 1.32. The number of hydrogen-bond acceptors (Lipinski definition) is 2. The van der Waals surface area contributed by atoms with Gasteiger partial charge in [-0.3, -0.25) is 9.98 Å². The van der Waals surface area contributed by atoms with Gasteiger partial charge in [0, 0.05) is 0 Å². The van der Waals surface area contributed by atoms with Gasteiger partial charge in [0.05, 0.1) is 11.4 Å². The van der Waals surface area contributed by atoms with Gasteiger partial charge in [-0.05, 0) is 12.5 Å². The second kappa shape index (κ2) is 3.30. The van der Waals surface area contributed by atoms with Crippen LogP contribution in [-0.2, 0) is 0 Å². The van der Waals surface area contributed by atoms with Crippen LogP contribution in [-0.4, -0.2) is 18.1 Å². The molecule has 1 rings (SSSR count). The van der Waals surface area contributed by atoms with Crippen molar-refractivity contribution in [1.29, 1.82) is 0 Å². The minimum atomic E-state index is 0.608. The molecule has 0 aromatic carbocycles. The highest BCUT2D eigenvalue weighted by Gasteiger charge is 2.07. The summed E-state index contributed by atoms with van der Waals surface area (Å²) in [5.74, 6) is 0. The van der Waals surface area contributed by atoms with Crippen molar-refractivity contribution >= 4 is 11.4 Å². The van der Waals surface area contributed by atoms with E-state index >= 15 is 0 Å². The quantitative estimate of drug-likeness (QED) is 0.565. The predicted molar refractivity (Wildman–Crippen MR) is 44.8 cm³/mol. The first-order valence-corrected chi connectivity index (χ1v) is 3.59. The molecule has 0 radical (unpaired) electrons. The smallest absolute Gasteiger partial charge is 0.130 e. The van der Waals surface area contributed by atoms with Crippen LogP contribution in [0, 0.1) is 0 Å². The van der Waals surface area contributed by atoms with Crippen LogP contribution in [0.1, 0.15) is 19.8 Å². The topological polar surface area (TPSA) is 24.7 Å². The summed E-state index contributed by atoms with van der Waals surface area (Å²) in [5.41, 5.74) is 2.11. The summed E-state index contributed by atoms with van der Waals surface area (Å²) in [6.07, 6.45) is 3.94. The van der Waals surface area contributed by atoms with Gasteiger partial charge >= 0.3 is 0 Å². The first-order valence-electron chi connectivity index (χ1n) is 3.59. The van der Waals surface area contributed by atoms with E-state index in [0.717, 1.165) is 24.3 Å². The van der Waals surface area contributed by atoms with E-state index < -0.39 is 0 Å². The van der Waals surface area contributed by atoms with Crippen molar-refractivity contribution in [3.05, 3.63) is 12.7 Å². The number of rotatable bonds is 3. The average molecular weight is 136 g/mol. The fraction of sp³-hybridized carbons (Fsp3) is 0.500. The lowest BCUT2D eigenvalue weighted by Gasteiger charge is -1.95. The van der Waals surface area contributed by atoms with Crippen LogP contribution >= 0.6 is 0 Å². The predicted octanol–water partition coefficient (Wildman–Crippen LogP) is 1.83. The van der Waals surface area contributed by atoms with Crippen molar-refractivity contribution in [3.8, 4) is 0 Å². The molecule has 2 heteroatoms. The number of aliphatic imine (C=N–C) groups is 2. The second-order valence-corrected chi connectivity index (χ2v) is 2.24. The van der Waals surface area contributed by atoms with Gasteiger partial charge in [0.25, 0.3) is 0 Å². The highest BCUT2D eigenvalue weighted by atomic mass is 15.0. The van der Waals surface area contributed by atoms with Crippen LogP contribution in [0.4, 0.5) is 0 Å². The maximum absolute atomic E-state index is 4.22. The van der Waals surface area contributed by atoms with Gasteiger partial charge in [0.2, 0.25) is 0 Å². The van der Waals surface area contributed by atoms with Crippen molar-refractivity contribution in [1.82, 2.24) is 0 Å². The molecule has 0 unspecified atom stereocenters. The molecule has 0 N–H and O–H groups in total. The Bertz CT molecular complexity index is 189. The Kier molecular flexibility index (Phi) is 2.37. The molecule has 10 heavy (non-hydrogen) atoms. The fourth-order valence-electron chi connectivity index (χ4n) is 0.995. The molecule has 1 aliphatic heterocycles. The maximum Gasteiger partial charge on any atom is 0.130 e. The van der Waals surface area contributed by atoms with Gasteiger partial charge in [-0.25, -0.2) is 0 Å². The van der Waals surface area contributed by atoms with Gasteiger partial charge in [0.1, 0.15) is 6.67 Å². The minimum Gasteiger partial charge on any atom is -0.264 e. The van der Waals surface area contributed by atoms with Crippen molar-refractivity contribution in [2.24, 2.45) is 9.98 Å². The molecule has 0 bridgehead atoms. The molecule has 0 fully saturated rings. The fourth-order valence-corrected chi connectivity index (χ4v) is 0.995. The normalized spacial score (nSPS) is 16.5. The first kappa shape index (κ1) is 7.19. The molecular formula is C8H12N2. The molecule has 1 heterocycles. The van der Waals surface area contributed by atoms with Gasteiger partial charge in [-0.2, -0.15) is 0 Å². The third-order valence-corrected chi connectivity index (χ3v) is 1.48. The van der Waals surface area contributed by atoms with E-state index in [-0.39, 0.29) is 0 Å². The molecular weight excluding hydrogens is 124 g/mol. The number of hydrogen-bond donors (Lipinski definition) is 0. The lowest BCUT2D eigenvalue weighted by molar-refractivity contribution is 0.992. The van der Waals surface area contributed by atoms with E-state index in [4.69, 9.17) is 0 Å². The Hall–Kier alpha value is -0.920. The molecule has 0 saturated heterocycles. The summed E-state index contributed by atoms with van der Waals surface area (Å²) < 4.78 is 0. The Balaban J connectivity index is 2.60. The highest BCUT2D eigenvalue weighted by Crippen LogP contribution is 2.02. The zero-order valence-electron chi connectivity index (χ0n) is 6.30. The molecule has 54 valence electrons. The maximum atomic E-state index is 4.22. The van der Waals surface area contributed by atoms with E-state index in [1.807, 2.05) is 0 Å². The molecule has 2 nitrogen and oxygen atoms in total. The first-order chi connectivity index (χ1) is 4.88. The van der Waals surface area contributed by atoms with Crippen LogP contribution in [0.25, 0.3) is 0 Å². The highest BCUT2D eigenvalue weighted by molar-refractivity contribution is 6.47. The lowest BCUT2D eigenvalue weighted by atomic mass is 10.1. The van der Waals surface area contributed by atoms with Crippen LogP contribution in [0.5, 0.6) is 0 Å². The molecule has 0 spiro atoms. The zero-order chi connectivity index (χ0) is 7.40. The Morgan fingerprint density at radius 1 is 1.60 bits per heavy atom. The standard InChI is InChI=1S/C8H12N2/c1-3-5-8-7(4-2)9-6-10-8/h4H,2-3,5-6H2,1H3. The average Bonchev–Trinajstić information content (AvgIpc) is 2.36.